The predicted octanol–water partition coefficient (Wildman–Crippen LogP) is 2.23. The van der Waals surface area contributed by atoms with Crippen molar-refractivity contribution < 1.29 is 0 Å². The molecule has 0 aromatic carbocycles. The molecule has 3 heteroatoms. The molecule has 14 heavy (non-hydrogen) atoms. The molecular formula is C11H18N2S. The maximum Gasteiger partial charge on any atom is 0.0417 e. The fraction of sp³-hybridized carbons (Fsp3) is 0.545. The van der Waals surface area contributed by atoms with Gasteiger partial charge in [-0.05, 0) is 31.7 Å². The molecule has 78 valence electrons. The maximum atomic E-state index is 4.26. The molecule has 0 saturated heterocycles. The number of hydrogen-bond donors (Lipinski definition) is 1. The van der Waals surface area contributed by atoms with E-state index in [2.05, 4.69) is 36.5 Å². The molecule has 0 aliphatic carbocycles. The van der Waals surface area contributed by atoms with Gasteiger partial charge in [0.05, 0.1) is 0 Å². The van der Waals surface area contributed by atoms with Crippen LogP contribution in [0.5, 0.6) is 0 Å². The molecule has 1 N–H and O–H groups in total. The van der Waals surface area contributed by atoms with E-state index in [1.165, 1.54) is 5.56 Å². The summed E-state index contributed by atoms with van der Waals surface area (Å²) in [6, 6.07) is 4.68. The average molecular weight is 210 g/mol. The molecule has 1 unspecified atom stereocenters. The van der Waals surface area contributed by atoms with Gasteiger partial charge in [0.2, 0.25) is 0 Å². The van der Waals surface area contributed by atoms with Crippen LogP contribution < -0.4 is 5.32 Å². The Labute approximate surface area is 90.5 Å². The van der Waals surface area contributed by atoms with Crippen LogP contribution in [-0.2, 0) is 6.54 Å². The number of thioether (sulfide) groups is 1. The van der Waals surface area contributed by atoms with Gasteiger partial charge in [0.1, 0.15) is 0 Å². The molecule has 1 atom stereocenters. The standard InChI is InChI=1S/C11H18N2S/c1-9(8-14-3)13-7-11-5-4-6-12-10(11)2/h4-6,9,13H,7-8H2,1-3H3. The first-order chi connectivity index (χ1) is 6.74. The molecule has 0 aliphatic rings. The normalized spacial score (nSPS) is 12.8. The van der Waals surface area contributed by atoms with Gasteiger partial charge in [-0.2, -0.15) is 11.8 Å². The van der Waals surface area contributed by atoms with Crippen LogP contribution in [0.2, 0.25) is 0 Å². The number of hydrogen-bond acceptors (Lipinski definition) is 3. The van der Waals surface area contributed by atoms with E-state index in [1.54, 1.807) is 0 Å². The summed E-state index contributed by atoms with van der Waals surface area (Å²) >= 11 is 1.87. The van der Waals surface area contributed by atoms with Gasteiger partial charge in [0.25, 0.3) is 0 Å². The summed E-state index contributed by atoms with van der Waals surface area (Å²) in [7, 11) is 0. The van der Waals surface area contributed by atoms with Crippen molar-refractivity contribution in [1.29, 1.82) is 0 Å². The van der Waals surface area contributed by atoms with E-state index >= 15 is 0 Å². The lowest BCUT2D eigenvalue weighted by Crippen LogP contribution is -2.27. The largest absolute Gasteiger partial charge is 0.309 e. The zero-order valence-electron chi connectivity index (χ0n) is 9.08. The highest BCUT2D eigenvalue weighted by Crippen LogP contribution is 2.04. The van der Waals surface area contributed by atoms with Crippen LogP contribution in [0.4, 0.5) is 0 Å². The van der Waals surface area contributed by atoms with Gasteiger partial charge in [-0.3, -0.25) is 4.98 Å². The minimum absolute atomic E-state index is 0.560. The van der Waals surface area contributed by atoms with E-state index in [-0.39, 0.29) is 0 Å². The lowest BCUT2D eigenvalue weighted by atomic mass is 10.2. The molecule has 0 amide bonds. The molecule has 1 aromatic rings. The van der Waals surface area contributed by atoms with Gasteiger partial charge >= 0.3 is 0 Å². The minimum Gasteiger partial charge on any atom is -0.309 e. The molecule has 0 radical (unpaired) electrons. The van der Waals surface area contributed by atoms with Crippen molar-refractivity contribution in [1.82, 2.24) is 10.3 Å². The highest BCUT2D eigenvalue weighted by molar-refractivity contribution is 7.98. The fourth-order valence-electron chi connectivity index (χ4n) is 1.30. The van der Waals surface area contributed by atoms with Crippen molar-refractivity contribution >= 4 is 11.8 Å². The van der Waals surface area contributed by atoms with Crippen molar-refractivity contribution in [3.05, 3.63) is 29.6 Å². The molecular weight excluding hydrogens is 192 g/mol. The summed E-state index contributed by atoms with van der Waals surface area (Å²) in [6.45, 7) is 5.18. The molecule has 0 aliphatic heterocycles. The molecule has 0 fully saturated rings. The van der Waals surface area contributed by atoms with Crippen LogP contribution in [-0.4, -0.2) is 23.0 Å². The van der Waals surface area contributed by atoms with Gasteiger partial charge < -0.3 is 5.32 Å². The zero-order valence-corrected chi connectivity index (χ0v) is 9.90. The number of nitrogens with one attached hydrogen (secondary N) is 1. The summed E-state index contributed by atoms with van der Waals surface area (Å²) < 4.78 is 0. The lowest BCUT2D eigenvalue weighted by Gasteiger charge is -2.13. The van der Waals surface area contributed by atoms with Crippen molar-refractivity contribution in [2.24, 2.45) is 0 Å². The van der Waals surface area contributed by atoms with E-state index < -0.39 is 0 Å². The Morgan fingerprint density at radius 3 is 3.00 bits per heavy atom. The summed E-state index contributed by atoms with van der Waals surface area (Å²) in [5.74, 6) is 1.15. The Balaban J connectivity index is 2.41. The highest BCUT2D eigenvalue weighted by atomic mass is 32.2. The summed E-state index contributed by atoms with van der Waals surface area (Å²) in [5.41, 5.74) is 2.41. The molecule has 2 nitrogen and oxygen atoms in total. The van der Waals surface area contributed by atoms with Gasteiger partial charge in [-0.15, -0.1) is 0 Å². The fourth-order valence-corrected chi connectivity index (χ4v) is 1.92. The molecule has 1 aromatic heterocycles. The topological polar surface area (TPSA) is 24.9 Å². The molecule has 1 heterocycles. The number of aromatic nitrogens is 1. The second-order valence-corrected chi connectivity index (χ2v) is 4.40. The maximum absolute atomic E-state index is 4.26. The Kier molecular flexibility index (Phi) is 4.98. The number of aryl methyl sites for hydroxylation is 1. The smallest absolute Gasteiger partial charge is 0.0417 e. The first kappa shape index (κ1) is 11.5. The quantitative estimate of drug-likeness (QED) is 0.806. The number of pyridine rings is 1. The number of rotatable bonds is 5. The van der Waals surface area contributed by atoms with Gasteiger partial charge in [0, 0.05) is 30.2 Å². The molecule has 0 bridgehead atoms. The Morgan fingerprint density at radius 2 is 2.36 bits per heavy atom. The van der Waals surface area contributed by atoms with Gasteiger partial charge in [-0.1, -0.05) is 6.07 Å². The van der Waals surface area contributed by atoms with E-state index in [4.69, 9.17) is 0 Å². The zero-order chi connectivity index (χ0) is 10.4. The summed E-state index contributed by atoms with van der Waals surface area (Å²) in [6.07, 6.45) is 3.97. The van der Waals surface area contributed by atoms with Crippen LogP contribution >= 0.6 is 11.8 Å². The first-order valence-corrected chi connectivity index (χ1v) is 6.26. The SMILES string of the molecule is CSCC(C)NCc1cccnc1C. The van der Waals surface area contributed by atoms with E-state index in [9.17, 15) is 0 Å². The Morgan fingerprint density at radius 1 is 1.57 bits per heavy atom. The van der Waals surface area contributed by atoms with Crippen LogP contribution in [0.15, 0.2) is 18.3 Å². The minimum atomic E-state index is 0.560. The van der Waals surface area contributed by atoms with Crippen molar-refractivity contribution in [2.75, 3.05) is 12.0 Å². The van der Waals surface area contributed by atoms with Crippen molar-refractivity contribution in [3.8, 4) is 0 Å². The van der Waals surface area contributed by atoms with Crippen LogP contribution in [0.1, 0.15) is 18.2 Å². The van der Waals surface area contributed by atoms with Gasteiger partial charge in [0.15, 0.2) is 0 Å². The highest BCUT2D eigenvalue weighted by Gasteiger charge is 2.01. The molecule has 0 saturated carbocycles. The van der Waals surface area contributed by atoms with Crippen LogP contribution in [0.25, 0.3) is 0 Å². The Bertz CT molecular complexity index is 276. The van der Waals surface area contributed by atoms with Crippen molar-refractivity contribution in [2.45, 2.75) is 26.4 Å². The second-order valence-electron chi connectivity index (χ2n) is 3.49. The third-order valence-corrected chi connectivity index (χ3v) is 3.01. The monoisotopic (exact) mass is 210 g/mol. The summed E-state index contributed by atoms with van der Waals surface area (Å²) in [5, 5.41) is 3.48. The molecule has 0 spiro atoms. The average Bonchev–Trinajstić information content (AvgIpc) is 2.17. The van der Waals surface area contributed by atoms with E-state index in [1.807, 2.05) is 24.0 Å². The van der Waals surface area contributed by atoms with E-state index in [0.717, 1.165) is 18.0 Å². The number of nitrogens with zero attached hydrogens (tertiary/aromatic N) is 1. The van der Waals surface area contributed by atoms with Crippen molar-refractivity contribution in [3.63, 3.8) is 0 Å². The van der Waals surface area contributed by atoms with Crippen LogP contribution in [0, 0.1) is 6.92 Å². The second kappa shape index (κ2) is 6.04. The summed E-state index contributed by atoms with van der Waals surface area (Å²) in [4.78, 5) is 4.26. The Hall–Kier alpha value is -0.540. The van der Waals surface area contributed by atoms with Gasteiger partial charge in [-0.25, -0.2) is 0 Å². The van der Waals surface area contributed by atoms with Crippen LogP contribution in [0.3, 0.4) is 0 Å². The third-order valence-electron chi connectivity index (χ3n) is 2.17. The lowest BCUT2D eigenvalue weighted by molar-refractivity contribution is 0.593. The predicted molar refractivity (Wildman–Crippen MR) is 63.7 cm³/mol. The third kappa shape index (κ3) is 3.68. The van der Waals surface area contributed by atoms with E-state index in [0.29, 0.717) is 6.04 Å². The molecule has 1 rings (SSSR count). The first-order valence-electron chi connectivity index (χ1n) is 4.87.